The molecular weight excluding hydrogens is 935 g/mol. The summed E-state index contributed by atoms with van der Waals surface area (Å²) in [5.74, 6) is -1.99. The summed E-state index contributed by atoms with van der Waals surface area (Å²) in [5, 5.41) is 0. The number of amides is 1. The van der Waals surface area contributed by atoms with Gasteiger partial charge >= 0.3 is 18.2 Å². The molecule has 0 aromatic heterocycles. The van der Waals surface area contributed by atoms with Crippen LogP contribution in [0.15, 0.2) is 152 Å². The van der Waals surface area contributed by atoms with Gasteiger partial charge in [-0.1, -0.05) is 217 Å². The molecule has 1 amide bonds. The summed E-state index contributed by atoms with van der Waals surface area (Å²) >= 11 is 0. The lowest BCUT2D eigenvalue weighted by atomic mass is 9.87. The average Bonchev–Trinajstić information content (AvgIpc) is 4.02. The smallest absolute Gasteiger partial charge is 0.453 e. The molecule has 5 aromatic carbocycles. The molecular formula is C62H75NO11. The SMILES string of the molecule is CCCCCCCCCCCCCCC1OC(=O)O[C@H]1[C@H](CC[C@@]12OCC(O1)[C@H](OC(=O)c1ccccc1)[C@@H](OCc1ccccc1)C2OCc1ccccc1)N(Cc1ccccc1)C(=O)OCc1ccccc1. The normalized spacial score (nSPS) is 22.4. The number of esters is 1. The molecule has 8 atom stereocenters. The highest BCUT2D eigenvalue weighted by atomic mass is 16.8. The fourth-order valence-corrected chi connectivity index (χ4v) is 10.5. The van der Waals surface area contributed by atoms with Crippen molar-refractivity contribution in [1.82, 2.24) is 4.90 Å². The van der Waals surface area contributed by atoms with Crippen molar-refractivity contribution in [3.05, 3.63) is 179 Å². The largest absolute Gasteiger partial charge is 0.509 e. The van der Waals surface area contributed by atoms with Gasteiger partial charge in [-0.15, -0.1) is 0 Å². The molecule has 12 heteroatoms. The summed E-state index contributed by atoms with van der Waals surface area (Å²) in [6, 6.07) is 46.9. The number of carbonyl (C=O) groups is 3. The Balaban J connectivity index is 1.08. The Kier molecular flexibility index (Phi) is 20.9. The van der Waals surface area contributed by atoms with Crippen LogP contribution in [0.25, 0.3) is 0 Å². The highest BCUT2D eigenvalue weighted by molar-refractivity contribution is 5.89. The maximum Gasteiger partial charge on any atom is 0.509 e. The highest BCUT2D eigenvalue weighted by Crippen LogP contribution is 2.46. The fraction of sp³-hybridized carbons (Fsp3) is 0.468. The molecule has 0 aliphatic carbocycles. The van der Waals surface area contributed by atoms with E-state index >= 15 is 0 Å². The first-order chi connectivity index (χ1) is 36.4. The number of nitrogens with zero attached hydrogens (tertiary/aromatic N) is 1. The maximum absolute atomic E-state index is 14.8. The predicted molar refractivity (Wildman–Crippen MR) is 282 cm³/mol. The molecule has 0 saturated carbocycles. The number of benzene rings is 5. The molecule has 5 aromatic rings. The standard InChI is InChI=1S/C62H75NO11/c1-2-3-4-5-6-7-8-9-10-11-12-28-39-53-55(73-61(66)71-53)52(63(42-47-29-18-13-19-30-47)60(65)69-45-50-35-24-16-25-36-50)40-41-62-58(68-44-49-33-22-15-23-34-49)57(67-43-48-31-20-14-21-32-48)56(54(74-62)46-70-62)72-59(64)51-37-26-17-27-38-51/h13-27,29-38,52-58H,2-12,28,39-46H2,1H3/t52-,53?,54?,55-,56-,57+,58?,62+/m0/s1. The molecule has 2 bridgehead atoms. The van der Waals surface area contributed by atoms with E-state index in [9.17, 15) is 14.4 Å². The Morgan fingerprint density at radius 2 is 1.12 bits per heavy atom. The molecule has 8 rings (SSSR count). The van der Waals surface area contributed by atoms with Gasteiger partial charge < -0.3 is 37.9 Å². The molecule has 74 heavy (non-hydrogen) atoms. The molecule has 3 fully saturated rings. The van der Waals surface area contributed by atoms with Gasteiger partial charge in [0.1, 0.15) is 31.0 Å². The number of fused-ring (bicyclic) bond motifs is 2. The molecule has 3 saturated heterocycles. The van der Waals surface area contributed by atoms with E-state index in [1.54, 1.807) is 29.2 Å². The van der Waals surface area contributed by atoms with Crippen molar-refractivity contribution in [3.8, 4) is 0 Å². The van der Waals surface area contributed by atoms with Gasteiger partial charge in [0.25, 0.3) is 0 Å². The van der Waals surface area contributed by atoms with Gasteiger partial charge in [0.2, 0.25) is 0 Å². The second-order valence-corrected chi connectivity index (χ2v) is 19.9. The second kappa shape index (κ2) is 28.6. The van der Waals surface area contributed by atoms with E-state index in [0.717, 1.165) is 41.5 Å². The van der Waals surface area contributed by atoms with Crippen LogP contribution in [0.1, 0.15) is 136 Å². The Bertz CT molecular complexity index is 2410. The zero-order valence-electron chi connectivity index (χ0n) is 43.1. The van der Waals surface area contributed by atoms with Crippen molar-refractivity contribution < 1.29 is 52.3 Å². The highest BCUT2D eigenvalue weighted by Gasteiger charge is 2.63. The molecule has 3 unspecified atom stereocenters. The van der Waals surface area contributed by atoms with Gasteiger partial charge in [0.15, 0.2) is 18.0 Å². The Morgan fingerprint density at radius 1 is 0.608 bits per heavy atom. The number of carbonyl (C=O) groups excluding carboxylic acids is 3. The first-order valence-corrected chi connectivity index (χ1v) is 27.2. The van der Waals surface area contributed by atoms with Gasteiger partial charge in [0, 0.05) is 13.0 Å². The van der Waals surface area contributed by atoms with Gasteiger partial charge in [-0.05, 0) is 53.6 Å². The Hall–Kier alpha value is -6.05. The van der Waals surface area contributed by atoms with Gasteiger partial charge in [-0.25, -0.2) is 14.4 Å². The van der Waals surface area contributed by atoms with Crippen molar-refractivity contribution in [2.45, 2.75) is 178 Å². The number of unbranched alkanes of at least 4 members (excludes halogenated alkanes) is 11. The van der Waals surface area contributed by atoms with Crippen LogP contribution in [0.3, 0.4) is 0 Å². The third-order valence-corrected chi connectivity index (χ3v) is 14.5. The summed E-state index contributed by atoms with van der Waals surface area (Å²) in [6.07, 6.45) is 9.02. The molecule has 0 N–H and O–H groups in total. The molecule has 3 aliphatic heterocycles. The van der Waals surface area contributed by atoms with E-state index in [0.29, 0.717) is 12.0 Å². The van der Waals surface area contributed by atoms with Crippen LogP contribution in [-0.2, 0) is 64.3 Å². The molecule has 0 radical (unpaired) electrons. The van der Waals surface area contributed by atoms with Crippen LogP contribution in [-0.4, -0.2) is 78.2 Å². The first kappa shape index (κ1) is 54.2. The van der Waals surface area contributed by atoms with E-state index in [1.807, 2.05) is 127 Å². The zero-order chi connectivity index (χ0) is 51.2. The van der Waals surface area contributed by atoms with E-state index < -0.39 is 66.7 Å². The second-order valence-electron chi connectivity index (χ2n) is 19.9. The molecule has 12 nitrogen and oxygen atoms in total. The predicted octanol–water partition coefficient (Wildman–Crippen LogP) is 13.5. The van der Waals surface area contributed by atoms with Crippen molar-refractivity contribution in [2.24, 2.45) is 0 Å². The van der Waals surface area contributed by atoms with E-state index in [2.05, 4.69) is 6.92 Å². The lowest BCUT2D eigenvalue weighted by Crippen LogP contribution is -2.63. The number of ether oxygens (including phenoxy) is 8. The quantitative estimate of drug-likeness (QED) is 0.0248. The lowest BCUT2D eigenvalue weighted by Gasteiger charge is -2.47. The third kappa shape index (κ3) is 15.5. The zero-order valence-corrected chi connectivity index (χ0v) is 43.1. The van der Waals surface area contributed by atoms with Crippen LogP contribution in [0.2, 0.25) is 0 Å². The van der Waals surface area contributed by atoms with Gasteiger partial charge in [0.05, 0.1) is 31.4 Å². The minimum Gasteiger partial charge on any atom is -0.453 e. The first-order valence-electron chi connectivity index (χ1n) is 27.2. The van der Waals surface area contributed by atoms with Crippen molar-refractivity contribution in [1.29, 1.82) is 0 Å². The van der Waals surface area contributed by atoms with Crippen LogP contribution in [0.4, 0.5) is 9.59 Å². The summed E-state index contributed by atoms with van der Waals surface area (Å²) in [7, 11) is 0. The van der Waals surface area contributed by atoms with E-state index in [4.69, 9.17) is 37.9 Å². The van der Waals surface area contributed by atoms with Gasteiger partial charge in [-0.3, -0.25) is 4.90 Å². The fourth-order valence-electron chi connectivity index (χ4n) is 10.5. The topological polar surface area (TPSA) is 128 Å². The van der Waals surface area contributed by atoms with Crippen LogP contribution in [0.5, 0.6) is 0 Å². The van der Waals surface area contributed by atoms with E-state index in [1.165, 1.54) is 57.8 Å². The summed E-state index contributed by atoms with van der Waals surface area (Å²) in [6.45, 7) is 2.88. The van der Waals surface area contributed by atoms with Gasteiger partial charge in [-0.2, -0.15) is 0 Å². The minimum atomic E-state index is -1.46. The van der Waals surface area contributed by atoms with Crippen LogP contribution < -0.4 is 0 Å². The molecule has 394 valence electrons. The molecule has 3 heterocycles. The van der Waals surface area contributed by atoms with Crippen LogP contribution >= 0.6 is 0 Å². The monoisotopic (exact) mass is 1010 g/mol. The Morgan fingerprint density at radius 3 is 1.70 bits per heavy atom. The average molecular weight is 1010 g/mol. The summed E-state index contributed by atoms with van der Waals surface area (Å²) in [5.41, 5.74) is 3.91. The maximum atomic E-state index is 14.8. The Labute approximate surface area is 437 Å². The number of hydrogen-bond donors (Lipinski definition) is 0. The summed E-state index contributed by atoms with van der Waals surface area (Å²) in [4.78, 5) is 43.8. The van der Waals surface area contributed by atoms with Crippen molar-refractivity contribution in [2.75, 3.05) is 6.61 Å². The third-order valence-electron chi connectivity index (χ3n) is 14.5. The van der Waals surface area contributed by atoms with E-state index in [-0.39, 0.29) is 45.8 Å². The molecule has 3 aliphatic rings. The van der Waals surface area contributed by atoms with Crippen molar-refractivity contribution in [3.63, 3.8) is 0 Å². The molecule has 0 spiro atoms. The van der Waals surface area contributed by atoms with Crippen molar-refractivity contribution >= 4 is 18.2 Å². The number of cyclic esters (lactones) is 2. The summed E-state index contributed by atoms with van der Waals surface area (Å²) < 4.78 is 52.4. The minimum absolute atomic E-state index is 0.0394. The number of rotatable bonds is 30. The van der Waals surface area contributed by atoms with Crippen LogP contribution in [0, 0.1) is 0 Å². The number of hydrogen-bond acceptors (Lipinski definition) is 11. The lowest BCUT2D eigenvalue weighted by molar-refractivity contribution is -0.318.